The third-order valence-corrected chi connectivity index (χ3v) is 3.48. The molecular weight excluding hydrogens is 292 g/mol. The lowest BCUT2D eigenvalue weighted by atomic mass is 9.94. The summed E-state index contributed by atoms with van der Waals surface area (Å²) >= 11 is 3.41. The van der Waals surface area contributed by atoms with E-state index in [1.165, 1.54) is 12.8 Å². The molecule has 4 heteroatoms. The summed E-state index contributed by atoms with van der Waals surface area (Å²) in [6.07, 6.45) is 2.41. The number of carbonyl (C=O) groups is 1. The van der Waals surface area contributed by atoms with Gasteiger partial charge in [-0.3, -0.25) is 9.69 Å². The highest BCUT2D eigenvalue weighted by Gasteiger charge is 2.24. The van der Waals surface area contributed by atoms with Crippen LogP contribution in [0.2, 0.25) is 0 Å². The monoisotopic (exact) mass is 316 g/mol. The van der Waals surface area contributed by atoms with Gasteiger partial charge in [-0.1, -0.05) is 43.3 Å². The first-order chi connectivity index (χ1) is 8.29. The number of nitrogens with zero attached hydrogens (tertiary/aromatic N) is 1. The molecule has 0 aromatic heterocycles. The number of amides is 1. The molecule has 1 aliphatic heterocycles. The van der Waals surface area contributed by atoms with Gasteiger partial charge in [0, 0.05) is 29.5 Å². The number of hydrogen-bond acceptors (Lipinski definition) is 2. The van der Waals surface area contributed by atoms with Crippen molar-refractivity contribution in [2.75, 3.05) is 26.2 Å². The fourth-order valence-electron chi connectivity index (χ4n) is 2.21. The van der Waals surface area contributed by atoms with Gasteiger partial charge in [-0.25, -0.2) is 0 Å². The summed E-state index contributed by atoms with van der Waals surface area (Å²) in [5, 5.41) is 3.07. The van der Waals surface area contributed by atoms with Crippen molar-refractivity contribution in [1.82, 2.24) is 10.2 Å². The van der Waals surface area contributed by atoms with Gasteiger partial charge >= 0.3 is 0 Å². The number of likely N-dealkylation sites (tertiary alicyclic amines) is 1. The Morgan fingerprint density at radius 1 is 1.50 bits per heavy atom. The van der Waals surface area contributed by atoms with Crippen molar-refractivity contribution in [2.24, 2.45) is 11.3 Å². The van der Waals surface area contributed by atoms with Crippen LogP contribution in [0.1, 0.15) is 33.6 Å². The maximum absolute atomic E-state index is 11.8. The zero-order chi connectivity index (χ0) is 13.8. The zero-order valence-corrected chi connectivity index (χ0v) is 13.3. The average Bonchev–Trinajstić information content (AvgIpc) is 2.24. The zero-order valence-electron chi connectivity index (χ0n) is 11.8. The van der Waals surface area contributed by atoms with Gasteiger partial charge in [-0.2, -0.15) is 0 Å². The van der Waals surface area contributed by atoms with E-state index in [9.17, 15) is 4.79 Å². The number of halogens is 1. The van der Waals surface area contributed by atoms with Gasteiger partial charge in [0.15, 0.2) is 0 Å². The Labute approximate surface area is 119 Å². The standard InChI is InChI=1S/C14H25BrN2O/c1-11(15)9-17-7-5-6-12(10-17)8-16-13(18)14(2,3)4/h12H,1,5-10H2,2-4H3,(H,16,18). The predicted molar refractivity (Wildman–Crippen MR) is 79.7 cm³/mol. The summed E-state index contributed by atoms with van der Waals surface area (Å²) in [4.78, 5) is 14.2. The number of nitrogens with one attached hydrogen (secondary N) is 1. The molecule has 1 atom stereocenters. The Balaban J connectivity index is 2.34. The topological polar surface area (TPSA) is 32.3 Å². The van der Waals surface area contributed by atoms with Crippen LogP contribution in [0.25, 0.3) is 0 Å². The minimum Gasteiger partial charge on any atom is -0.355 e. The van der Waals surface area contributed by atoms with Crippen LogP contribution < -0.4 is 5.32 Å². The summed E-state index contributed by atoms with van der Waals surface area (Å²) in [5.74, 6) is 0.710. The molecule has 0 aliphatic carbocycles. The molecule has 3 nitrogen and oxygen atoms in total. The molecule has 104 valence electrons. The van der Waals surface area contributed by atoms with Crippen LogP contribution in [0.15, 0.2) is 11.1 Å². The van der Waals surface area contributed by atoms with E-state index in [0.29, 0.717) is 5.92 Å². The van der Waals surface area contributed by atoms with Crippen LogP contribution in [0.5, 0.6) is 0 Å². The molecule has 0 aromatic carbocycles. The van der Waals surface area contributed by atoms with Gasteiger partial charge in [0.1, 0.15) is 0 Å². The lowest BCUT2D eigenvalue weighted by molar-refractivity contribution is -0.128. The number of piperidine rings is 1. The van der Waals surface area contributed by atoms with E-state index in [4.69, 9.17) is 0 Å². The number of hydrogen-bond donors (Lipinski definition) is 1. The Kier molecular flexibility index (Phi) is 5.86. The summed E-state index contributed by atoms with van der Waals surface area (Å²) in [6.45, 7) is 13.6. The molecule has 0 radical (unpaired) electrons. The molecule has 1 aliphatic rings. The van der Waals surface area contributed by atoms with Gasteiger partial charge in [0.25, 0.3) is 0 Å². The van der Waals surface area contributed by atoms with Gasteiger partial charge in [0.05, 0.1) is 0 Å². The van der Waals surface area contributed by atoms with Crippen molar-refractivity contribution >= 4 is 21.8 Å². The molecule has 1 rings (SSSR count). The van der Waals surface area contributed by atoms with Crippen LogP contribution in [0.4, 0.5) is 0 Å². The third kappa shape index (κ3) is 5.53. The van der Waals surface area contributed by atoms with Gasteiger partial charge in [-0.15, -0.1) is 0 Å². The normalized spacial score (nSPS) is 21.7. The Morgan fingerprint density at radius 2 is 2.17 bits per heavy atom. The number of rotatable bonds is 4. The largest absolute Gasteiger partial charge is 0.355 e. The molecule has 1 fully saturated rings. The maximum Gasteiger partial charge on any atom is 0.225 e. The van der Waals surface area contributed by atoms with E-state index >= 15 is 0 Å². The minimum atomic E-state index is -0.293. The second-order valence-electron chi connectivity index (χ2n) is 6.22. The molecule has 0 bridgehead atoms. The predicted octanol–water partition coefficient (Wildman–Crippen LogP) is 2.77. The van der Waals surface area contributed by atoms with Gasteiger partial charge in [-0.05, 0) is 25.3 Å². The average molecular weight is 317 g/mol. The molecule has 0 spiro atoms. The molecule has 0 saturated carbocycles. The van der Waals surface area contributed by atoms with Crippen LogP contribution in [-0.4, -0.2) is 37.0 Å². The quantitative estimate of drug-likeness (QED) is 0.865. The minimum absolute atomic E-state index is 0.143. The third-order valence-electron chi connectivity index (χ3n) is 3.23. The molecule has 1 saturated heterocycles. The van der Waals surface area contributed by atoms with Crippen molar-refractivity contribution < 1.29 is 4.79 Å². The Morgan fingerprint density at radius 3 is 2.72 bits per heavy atom. The van der Waals surface area contributed by atoms with E-state index < -0.39 is 0 Å². The van der Waals surface area contributed by atoms with Crippen LogP contribution in [0, 0.1) is 11.3 Å². The molecule has 18 heavy (non-hydrogen) atoms. The van der Waals surface area contributed by atoms with E-state index in [1.54, 1.807) is 0 Å². The fourth-order valence-corrected chi connectivity index (χ4v) is 2.56. The Hall–Kier alpha value is -0.350. The van der Waals surface area contributed by atoms with E-state index in [0.717, 1.165) is 30.7 Å². The van der Waals surface area contributed by atoms with Crippen molar-refractivity contribution in [3.8, 4) is 0 Å². The number of carbonyl (C=O) groups excluding carboxylic acids is 1. The first-order valence-corrected chi connectivity index (χ1v) is 7.42. The van der Waals surface area contributed by atoms with Crippen LogP contribution in [-0.2, 0) is 4.79 Å². The lowest BCUT2D eigenvalue weighted by Crippen LogP contribution is -2.43. The summed E-state index contributed by atoms with van der Waals surface area (Å²) in [7, 11) is 0. The van der Waals surface area contributed by atoms with Crippen molar-refractivity contribution in [3.63, 3.8) is 0 Å². The molecular formula is C14H25BrN2O. The SMILES string of the molecule is C=C(Br)CN1CCCC(CNC(=O)C(C)(C)C)C1. The smallest absolute Gasteiger partial charge is 0.225 e. The highest BCUT2D eigenvalue weighted by atomic mass is 79.9. The van der Waals surface area contributed by atoms with E-state index in [2.05, 4.69) is 32.7 Å². The highest BCUT2D eigenvalue weighted by molar-refractivity contribution is 9.11. The van der Waals surface area contributed by atoms with Crippen molar-refractivity contribution in [1.29, 1.82) is 0 Å². The van der Waals surface area contributed by atoms with E-state index in [-0.39, 0.29) is 11.3 Å². The molecule has 1 amide bonds. The molecule has 1 heterocycles. The first-order valence-electron chi connectivity index (χ1n) is 6.63. The molecule has 1 N–H and O–H groups in total. The van der Waals surface area contributed by atoms with Gasteiger partial charge < -0.3 is 5.32 Å². The summed E-state index contributed by atoms with van der Waals surface area (Å²) < 4.78 is 1.03. The first kappa shape index (κ1) is 15.7. The maximum atomic E-state index is 11.8. The van der Waals surface area contributed by atoms with Crippen LogP contribution in [0.3, 0.4) is 0 Å². The lowest BCUT2D eigenvalue weighted by Gasteiger charge is -2.33. The summed E-state index contributed by atoms with van der Waals surface area (Å²) in [5.41, 5.74) is -0.293. The fraction of sp³-hybridized carbons (Fsp3) is 0.786. The van der Waals surface area contributed by atoms with Crippen molar-refractivity contribution in [2.45, 2.75) is 33.6 Å². The Bertz CT molecular complexity index is 309. The molecule has 0 aromatic rings. The van der Waals surface area contributed by atoms with Crippen LogP contribution >= 0.6 is 15.9 Å². The van der Waals surface area contributed by atoms with E-state index in [1.807, 2.05) is 20.8 Å². The highest BCUT2D eigenvalue weighted by Crippen LogP contribution is 2.19. The second-order valence-corrected chi connectivity index (χ2v) is 7.34. The van der Waals surface area contributed by atoms with Crippen molar-refractivity contribution in [3.05, 3.63) is 11.1 Å². The molecule has 1 unspecified atom stereocenters. The second kappa shape index (κ2) is 6.71. The summed E-state index contributed by atoms with van der Waals surface area (Å²) in [6, 6.07) is 0. The van der Waals surface area contributed by atoms with Gasteiger partial charge in [0.2, 0.25) is 5.91 Å².